The van der Waals surface area contributed by atoms with Gasteiger partial charge in [0.05, 0.1) is 0 Å². The number of benzene rings is 1. The Morgan fingerprint density at radius 1 is 1.43 bits per heavy atom. The Hall–Kier alpha value is -0.870. The van der Waals surface area contributed by atoms with Gasteiger partial charge in [-0.1, -0.05) is 29.8 Å². The van der Waals surface area contributed by atoms with Crippen molar-refractivity contribution >= 4 is 21.8 Å². The first-order valence-electron chi connectivity index (χ1n) is 7.75. The molecule has 1 amide bonds. The van der Waals surface area contributed by atoms with Gasteiger partial charge in [-0.05, 0) is 56.0 Å². The molecule has 1 aliphatic rings. The van der Waals surface area contributed by atoms with Gasteiger partial charge in [0.25, 0.3) is 5.91 Å². The third kappa shape index (κ3) is 4.82. The van der Waals surface area contributed by atoms with Gasteiger partial charge in [-0.3, -0.25) is 4.79 Å². The second-order valence-corrected chi connectivity index (χ2v) is 7.26. The standard InChI is InChI=1S/C17H25BrN2O/c1-12(2)19-10-14-5-4-6-20(11-14)17(21)15-7-13(3)8-16(18)9-15/h7-9,12,14,19H,4-6,10-11H2,1-3H3. The summed E-state index contributed by atoms with van der Waals surface area (Å²) in [6, 6.07) is 6.43. The normalized spacial score (nSPS) is 19.1. The molecule has 1 saturated heterocycles. The molecular formula is C17H25BrN2O. The maximum Gasteiger partial charge on any atom is 0.253 e. The molecule has 3 nitrogen and oxygen atoms in total. The lowest BCUT2D eigenvalue weighted by Crippen LogP contribution is -2.43. The van der Waals surface area contributed by atoms with Gasteiger partial charge in [-0.2, -0.15) is 0 Å². The first kappa shape index (κ1) is 16.5. The van der Waals surface area contributed by atoms with Crippen LogP contribution < -0.4 is 5.32 Å². The largest absolute Gasteiger partial charge is 0.338 e. The number of carbonyl (C=O) groups excluding carboxylic acids is 1. The molecule has 1 heterocycles. The van der Waals surface area contributed by atoms with Crippen LogP contribution in [-0.2, 0) is 0 Å². The van der Waals surface area contributed by atoms with Crippen LogP contribution in [0.3, 0.4) is 0 Å². The molecule has 2 rings (SSSR count). The van der Waals surface area contributed by atoms with Crippen molar-refractivity contribution in [1.82, 2.24) is 10.2 Å². The van der Waals surface area contributed by atoms with E-state index in [0.29, 0.717) is 12.0 Å². The zero-order valence-corrected chi connectivity index (χ0v) is 14.7. The predicted molar refractivity (Wildman–Crippen MR) is 90.6 cm³/mol. The molecule has 4 heteroatoms. The van der Waals surface area contributed by atoms with Crippen LogP contribution in [0.4, 0.5) is 0 Å². The van der Waals surface area contributed by atoms with Crippen molar-refractivity contribution in [2.75, 3.05) is 19.6 Å². The van der Waals surface area contributed by atoms with Gasteiger partial charge < -0.3 is 10.2 Å². The summed E-state index contributed by atoms with van der Waals surface area (Å²) in [6.45, 7) is 9.09. The third-order valence-corrected chi connectivity index (χ3v) is 4.37. The average Bonchev–Trinajstić information content (AvgIpc) is 2.43. The van der Waals surface area contributed by atoms with Crippen molar-refractivity contribution in [3.63, 3.8) is 0 Å². The van der Waals surface area contributed by atoms with E-state index < -0.39 is 0 Å². The number of likely N-dealkylation sites (tertiary alicyclic amines) is 1. The number of nitrogens with one attached hydrogen (secondary N) is 1. The highest BCUT2D eigenvalue weighted by Crippen LogP contribution is 2.21. The Bertz CT molecular complexity index is 481. The number of halogens is 1. The fraction of sp³-hybridized carbons (Fsp3) is 0.588. The van der Waals surface area contributed by atoms with Gasteiger partial charge >= 0.3 is 0 Å². The Morgan fingerprint density at radius 3 is 2.86 bits per heavy atom. The second-order valence-electron chi connectivity index (χ2n) is 6.34. The molecule has 1 aromatic rings. The topological polar surface area (TPSA) is 32.3 Å². The van der Waals surface area contributed by atoms with Crippen LogP contribution >= 0.6 is 15.9 Å². The van der Waals surface area contributed by atoms with Crippen LogP contribution in [0.5, 0.6) is 0 Å². The van der Waals surface area contributed by atoms with Crippen molar-refractivity contribution in [1.29, 1.82) is 0 Å². The van der Waals surface area contributed by atoms with Crippen LogP contribution in [0.2, 0.25) is 0 Å². The lowest BCUT2D eigenvalue weighted by molar-refractivity contribution is 0.0672. The number of carbonyl (C=O) groups is 1. The molecule has 0 spiro atoms. The maximum atomic E-state index is 12.7. The molecule has 1 aromatic carbocycles. The highest BCUT2D eigenvalue weighted by Gasteiger charge is 2.24. The highest BCUT2D eigenvalue weighted by molar-refractivity contribution is 9.10. The fourth-order valence-corrected chi connectivity index (χ4v) is 3.47. The minimum atomic E-state index is 0.161. The van der Waals surface area contributed by atoms with Crippen molar-refractivity contribution in [3.8, 4) is 0 Å². The number of hydrogen-bond acceptors (Lipinski definition) is 2. The lowest BCUT2D eigenvalue weighted by Gasteiger charge is -2.33. The molecule has 0 aliphatic carbocycles. The summed E-state index contributed by atoms with van der Waals surface area (Å²) >= 11 is 3.48. The number of amides is 1. The zero-order valence-electron chi connectivity index (χ0n) is 13.2. The van der Waals surface area contributed by atoms with Gasteiger partial charge in [0.1, 0.15) is 0 Å². The van der Waals surface area contributed by atoms with Gasteiger partial charge in [0.2, 0.25) is 0 Å². The number of rotatable bonds is 4. The maximum absolute atomic E-state index is 12.7. The minimum Gasteiger partial charge on any atom is -0.338 e. The summed E-state index contributed by atoms with van der Waals surface area (Å²) in [5.74, 6) is 0.729. The Labute approximate surface area is 136 Å². The van der Waals surface area contributed by atoms with E-state index in [9.17, 15) is 4.79 Å². The van der Waals surface area contributed by atoms with E-state index in [2.05, 4.69) is 35.1 Å². The summed E-state index contributed by atoms with van der Waals surface area (Å²) in [7, 11) is 0. The molecule has 116 valence electrons. The van der Waals surface area contributed by atoms with Gasteiger partial charge in [0, 0.05) is 29.2 Å². The second kappa shape index (κ2) is 7.41. The van der Waals surface area contributed by atoms with Crippen molar-refractivity contribution in [3.05, 3.63) is 33.8 Å². The summed E-state index contributed by atoms with van der Waals surface area (Å²) in [6.07, 6.45) is 2.31. The van der Waals surface area contributed by atoms with Crippen LogP contribution in [0, 0.1) is 12.8 Å². The van der Waals surface area contributed by atoms with E-state index >= 15 is 0 Å². The molecule has 1 unspecified atom stereocenters. The van der Waals surface area contributed by atoms with Gasteiger partial charge in [-0.25, -0.2) is 0 Å². The van der Waals surface area contributed by atoms with Crippen molar-refractivity contribution in [2.24, 2.45) is 5.92 Å². The predicted octanol–water partition coefficient (Wildman–Crippen LogP) is 3.61. The quantitative estimate of drug-likeness (QED) is 0.897. The Morgan fingerprint density at radius 2 is 2.19 bits per heavy atom. The average molecular weight is 353 g/mol. The van der Waals surface area contributed by atoms with Crippen LogP contribution in [0.1, 0.15) is 42.6 Å². The zero-order chi connectivity index (χ0) is 15.4. The summed E-state index contributed by atoms with van der Waals surface area (Å²) in [5.41, 5.74) is 1.90. The molecule has 0 aromatic heterocycles. The third-order valence-electron chi connectivity index (χ3n) is 3.91. The molecule has 0 saturated carbocycles. The minimum absolute atomic E-state index is 0.161. The molecule has 21 heavy (non-hydrogen) atoms. The van der Waals surface area contributed by atoms with Crippen molar-refractivity contribution < 1.29 is 4.79 Å². The molecule has 1 N–H and O–H groups in total. The van der Waals surface area contributed by atoms with E-state index in [1.807, 2.05) is 30.0 Å². The smallest absolute Gasteiger partial charge is 0.253 e. The van der Waals surface area contributed by atoms with Crippen LogP contribution in [0.25, 0.3) is 0 Å². The van der Waals surface area contributed by atoms with E-state index in [-0.39, 0.29) is 5.91 Å². The molecule has 1 fully saturated rings. The lowest BCUT2D eigenvalue weighted by atomic mass is 9.97. The first-order valence-corrected chi connectivity index (χ1v) is 8.55. The number of aryl methyl sites for hydroxylation is 1. The van der Waals surface area contributed by atoms with Crippen molar-refractivity contribution in [2.45, 2.75) is 39.7 Å². The Kier molecular flexibility index (Phi) is 5.82. The number of hydrogen-bond donors (Lipinski definition) is 1. The monoisotopic (exact) mass is 352 g/mol. The van der Waals surface area contributed by atoms with E-state index in [0.717, 1.165) is 41.7 Å². The number of piperidine rings is 1. The first-order chi connectivity index (χ1) is 9.95. The molecular weight excluding hydrogens is 328 g/mol. The van der Waals surface area contributed by atoms with E-state index in [1.165, 1.54) is 6.42 Å². The molecule has 1 atom stereocenters. The molecule has 0 radical (unpaired) electrons. The van der Waals surface area contributed by atoms with Gasteiger partial charge in [0.15, 0.2) is 0 Å². The van der Waals surface area contributed by atoms with E-state index in [4.69, 9.17) is 0 Å². The van der Waals surface area contributed by atoms with Crippen LogP contribution in [0.15, 0.2) is 22.7 Å². The van der Waals surface area contributed by atoms with E-state index in [1.54, 1.807) is 0 Å². The summed E-state index contributed by atoms with van der Waals surface area (Å²) in [4.78, 5) is 14.7. The van der Waals surface area contributed by atoms with Gasteiger partial charge in [-0.15, -0.1) is 0 Å². The molecule has 0 bridgehead atoms. The fourth-order valence-electron chi connectivity index (χ4n) is 2.86. The number of nitrogens with zero attached hydrogens (tertiary/aromatic N) is 1. The summed E-state index contributed by atoms with van der Waals surface area (Å²) in [5, 5.41) is 3.49. The Balaban J connectivity index is 2.01. The summed E-state index contributed by atoms with van der Waals surface area (Å²) < 4.78 is 0.973. The SMILES string of the molecule is Cc1cc(Br)cc(C(=O)N2CCCC(CNC(C)C)C2)c1. The van der Waals surface area contributed by atoms with Crippen LogP contribution in [-0.4, -0.2) is 36.5 Å². The highest BCUT2D eigenvalue weighted by atomic mass is 79.9. The molecule has 1 aliphatic heterocycles.